The minimum Gasteiger partial charge on any atom is -0.381 e. The third-order valence-corrected chi connectivity index (χ3v) is 3.73. The van der Waals surface area contributed by atoms with E-state index >= 15 is 0 Å². The Morgan fingerprint density at radius 1 is 1.30 bits per heavy atom. The summed E-state index contributed by atoms with van der Waals surface area (Å²) in [6.45, 7) is 2.49. The van der Waals surface area contributed by atoms with Gasteiger partial charge in [0.25, 0.3) is 0 Å². The summed E-state index contributed by atoms with van der Waals surface area (Å²) in [4.78, 5) is 9.93. The molecule has 6 heteroatoms. The van der Waals surface area contributed by atoms with Crippen LogP contribution in [-0.2, 0) is 6.54 Å². The summed E-state index contributed by atoms with van der Waals surface area (Å²) < 4.78 is 14.2. The topological polar surface area (TPSA) is 55.2 Å². The van der Waals surface area contributed by atoms with Gasteiger partial charge in [0.1, 0.15) is 0 Å². The van der Waals surface area contributed by atoms with E-state index in [1.165, 1.54) is 12.1 Å². The van der Waals surface area contributed by atoms with Crippen LogP contribution in [0.4, 0.5) is 15.8 Å². The highest BCUT2D eigenvalue weighted by Crippen LogP contribution is 2.23. The SMILES string of the molecule is Cc1ccc(CNc2ccc(F)c([N+](=O)[O-])c2)cc1Br. The summed E-state index contributed by atoms with van der Waals surface area (Å²) in [6.07, 6.45) is 0. The fourth-order valence-electron chi connectivity index (χ4n) is 1.71. The Hall–Kier alpha value is -1.95. The van der Waals surface area contributed by atoms with Crippen molar-refractivity contribution >= 4 is 27.3 Å². The molecule has 0 bridgehead atoms. The monoisotopic (exact) mass is 338 g/mol. The summed E-state index contributed by atoms with van der Waals surface area (Å²) in [7, 11) is 0. The fraction of sp³-hybridized carbons (Fsp3) is 0.143. The van der Waals surface area contributed by atoms with Gasteiger partial charge in [-0.25, -0.2) is 0 Å². The molecule has 0 fully saturated rings. The molecule has 4 nitrogen and oxygen atoms in total. The van der Waals surface area contributed by atoms with E-state index in [2.05, 4.69) is 21.2 Å². The minimum atomic E-state index is -0.835. The lowest BCUT2D eigenvalue weighted by Crippen LogP contribution is -2.01. The Morgan fingerprint density at radius 3 is 2.70 bits per heavy atom. The molecule has 0 saturated carbocycles. The van der Waals surface area contributed by atoms with Gasteiger partial charge in [0.15, 0.2) is 0 Å². The first-order valence-corrected chi connectivity index (χ1v) is 6.69. The van der Waals surface area contributed by atoms with Crippen molar-refractivity contribution in [3.05, 3.63) is 67.9 Å². The van der Waals surface area contributed by atoms with E-state index < -0.39 is 16.4 Å². The molecule has 0 aromatic heterocycles. The van der Waals surface area contributed by atoms with E-state index in [4.69, 9.17) is 0 Å². The highest BCUT2D eigenvalue weighted by atomic mass is 79.9. The van der Waals surface area contributed by atoms with Crippen LogP contribution >= 0.6 is 15.9 Å². The minimum absolute atomic E-state index is 0.502. The number of hydrogen-bond acceptors (Lipinski definition) is 3. The van der Waals surface area contributed by atoms with Gasteiger partial charge in [0.05, 0.1) is 4.92 Å². The molecular formula is C14H12BrFN2O2. The van der Waals surface area contributed by atoms with Gasteiger partial charge in [-0.2, -0.15) is 4.39 Å². The summed E-state index contributed by atoms with van der Waals surface area (Å²) in [5, 5.41) is 13.7. The van der Waals surface area contributed by atoms with Crippen molar-refractivity contribution in [2.45, 2.75) is 13.5 Å². The van der Waals surface area contributed by atoms with Crippen LogP contribution in [0, 0.1) is 22.9 Å². The van der Waals surface area contributed by atoms with Crippen molar-refractivity contribution in [2.24, 2.45) is 0 Å². The van der Waals surface area contributed by atoms with Crippen LogP contribution in [0.5, 0.6) is 0 Å². The van der Waals surface area contributed by atoms with Crippen LogP contribution in [0.25, 0.3) is 0 Å². The normalized spacial score (nSPS) is 10.3. The lowest BCUT2D eigenvalue weighted by atomic mass is 10.1. The number of nitro benzene ring substituents is 1. The second-order valence-electron chi connectivity index (χ2n) is 4.36. The number of rotatable bonds is 4. The van der Waals surface area contributed by atoms with Crippen molar-refractivity contribution in [3.8, 4) is 0 Å². The molecule has 0 aliphatic carbocycles. The Morgan fingerprint density at radius 2 is 2.05 bits per heavy atom. The third-order valence-electron chi connectivity index (χ3n) is 2.88. The maximum absolute atomic E-state index is 13.2. The van der Waals surface area contributed by atoms with E-state index in [-0.39, 0.29) is 0 Å². The summed E-state index contributed by atoms with van der Waals surface area (Å²) in [5.74, 6) is -0.835. The molecule has 0 saturated heterocycles. The van der Waals surface area contributed by atoms with Crippen LogP contribution in [0.3, 0.4) is 0 Å². The van der Waals surface area contributed by atoms with Crippen LogP contribution in [-0.4, -0.2) is 4.92 Å². The number of nitro groups is 1. The van der Waals surface area contributed by atoms with Gasteiger partial charge < -0.3 is 5.32 Å². The Labute approximate surface area is 123 Å². The van der Waals surface area contributed by atoms with Gasteiger partial charge >= 0.3 is 5.69 Å². The second-order valence-corrected chi connectivity index (χ2v) is 5.21. The van der Waals surface area contributed by atoms with Gasteiger partial charge in [0, 0.05) is 22.8 Å². The molecule has 2 aromatic carbocycles. The first-order chi connectivity index (χ1) is 9.47. The third kappa shape index (κ3) is 3.33. The van der Waals surface area contributed by atoms with E-state index in [1.807, 2.05) is 25.1 Å². The van der Waals surface area contributed by atoms with Gasteiger partial charge in [-0.3, -0.25) is 10.1 Å². The summed E-state index contributed by atoms with van der Waals surface area (Å²) in [5.41, 5.74) is 2.13. The van der Waals surface area contributed by atoms with E-state index in [0.717, 1.165) is 21.7 Å². The first-order valence-electron chi connectivity index (χ1n) is 5.90. The Balaban J connectivity index is 2.12. The Bertz CT molecular complexity index is 662. The predicted molar refractivity (Wildman–Crippen MR) is 79.3 cm³/mol. The van der Waals surface area contributed by atoms with Gasteiger partial charge in [-0.15, -0.1) is 0 Å². The number of halogens is 2. The molecular weight excluding hydrogens is 327 g/mol. The summed E-state index contributed by atoms with van der Waals surface area (Å²) in [6, 6.07) is 9.68. The molecule has 2 rings (SSSR count). The largest absolute Gasteiger partial charge is 0.381 e. The van der Waals surface area contributed by atoms with E-state index in [1.54, 1.807) is 0 Å². The van der Waals surface area contributed by atoms with Crippen LogP contribution < -0.4 is 5.32 Å². The molecule has 104 valence electrons. The lowest BCUT2D eigenvalue weighted by Gasteiger charge is -2.08. The van der Waals surface area contributed by atoms with Crippen LogP contribution in [0.1, 0.15) is 11.1 Å². The molecule has 0 amide bonds. The van der Waals surface area contributed by atoms with Crippen molar-refractivity contribution in [3.63, 3.8) is 0 Å². The maximum Gasteiger partial charge on any atom is 0.306 e. The van der Waals surface area contributed by atoms with Crippen molar-refractivity contribution in [1.29, 1.82) is 0 Å². The zero-order chi connectivity index (χ0) is 14.7. The molecule has 0 heterocycles. The van der Waals surface area contributed by atoms with Crippen molar-refractivity contribution in [1.82, 2.24) is 0 Å². The molecule has 0 aliphatic heterocycles. The van der Waals surface area contributed by atoms with Crippen LogP contribution in [0.2, 0.25) is 0 Å². The van der Waals surface area contributed by atoms with E-state index in [9.17, 15) is 14.5 Å². The average Bonchev–Trinajstić information content (AvgIpc) is 2.41. The van der Waals surface area contributed by atoms with Crippen LogP contribution in [0.15, 0.2) is 40.9 Å². The zero-order valence-corrected chi connectivity index (χ0v) is 12.3. The highest BCUT2D eigenvalue weighted by molar-refractivity contribution is 9.10. The summed E-state index contributed by atoms with van der Waals surface area (Å²) >= 11 is 3.45. The molecule has 0 radical (unpaired) electrons. The highest BCUT2D eigenvalue weighted by Gasteiger charge is 2.14. The molecule has 0 unspecified atom stereocenters. The lowest BCUT2D eigenvalue weighted by molar-refractivity contribution is -0.387. The van der Waals surface area contributed by atoms with Crippen molar-refractivity contribution in [2.75, 3.05) is 5.32 Å². The number of anilines is 1. The molecule has 0 atom stereocenters. The van der Waals surface area contributed by atoms with E-state index in [0.29, 0.717) is 12.2 Å². The number of benzene rings is 2. The standard InChI is InChI=1S/C14H12BrFN2O2/c1-9-2-3-10(6-12(9)15)8-17-11-4-5-13(16)14(7-11)18(19)20/h2-7,17H,8H2,1H3. The number of nitrogens with zero attached hydrogens (tertiary/aromatic N) is 1. The van der Waals surface area contributed by atoms with Gasteiger partial charge in [-0.1, -0.05) is 28.1 Å². The predicted octanol–water partition coefficient (Wildman–Crippen LogP) is 4.42. The first kappa shape index (κ1) is 14.5. The van der Waals surface area contributed by atoms with Crippen molar-refractivity contribution < 1.29 is 9.31 Å². The second kappa shape index (κ2) is 6.00. The number of hydrogen-bond donors (Lipinski definition) is 1. The number of nitrogens with one attached hydrogen (secondary N) is 1. The quantitative estimate of drug-likeness (QED) is 0.663. The Kier molecular flexibility index (Phi) is 4.34. The maximum atomic E-state index is 13.2. The zero-order valence-electron chi connectivity index (χ0n) is 10.7. The smallest absolute Gasteiger partial charge is 0.306 e. The molecule has 0 aliphatic rings. The van der Waals surface area contributed by atoms with Gasteiger partial charge in [0.2, 0.25) is 5.82 Å². The molecule has 20 heavy (non-hydrogen) atoms. The van der Waals surface area contributed by atoms with Gasteiger partial charge in [-0.05, 0) is 36.2 Å². The number of aryl methyl sites for hydroxylation is 1. The molecule has 0 spiro atoms. The molecule has 2 aromatic rings. The average molecular weight is 339 g/mol. The fourth-order valence-corrected chi connectivity index (χ4v) is 2.14. The molecule has 1 N–H and O–H groups in total.